The van der Waals surface area contributed by atoms with Crippen molar-refractivity contribution in [2.24, 2.45) is 0 Å². The van der Waals surface area contributed by atoms with Crippen LogP contribution in [0.25, 0.3) is 11.5 Å². The molecule has 8 heteroatoms. The summed E-state index contributed by atoms with van der Waals surface area (Å²) in [6, 6.07) is 17.4. The molecule has 0 spiro atoms. The van der Waals surface area contributed by atoms with Crippen molar-refractivity contribution in [3.8, 4) is 11.5 Å². The normalized spacial score (nSPS) is 14.8. The fourth-order valence-corrected chi connectivity index (χ4v) is 4.66. The molecule has 1 aliphatic heterocycles. The van der Waals surface area contributed by atoms with Gasteiger partial charge in [-0.25, -0.2) is 8.42 Å². The van der Waals surface area contributed by atoms with E-state index in [1.807, 2.05) is 35.2 Å². The number of amides is 1. The fraction of sp³-hybridized carbons (Fsp3) is 0.238. The Hall–Kier alpha value is -3.13. The van der Waals surface area contributed by atoms with Crippen molar-refractivity contribution in [3.63, 3.8) is 0 Å². The molecule has 1 fully saturated rings. The molecule has 150 valence electrons. The minimum Gasteiger partial charge on any atom is -0.419 e. The van der Waals surface area contributed by atoms with Gasteiger partial charge >= 0.3 is 0 Å². The number of piperazine rings is 1. The highest BCUT2D eigenvalue weighted by atomic mass is 32.2. The largest absolute Gasteiger partial charge is 0.419 e. The number of rotatable bonds is 4. The van der Waals surface area contributed by atoms with E-state index < -0.39 is 9.84 Å². The van der Waals surface area contributed by atoms with Gasteiger partial charge in [0.05, 0.1) is 4.90 Å². The molecule has 0 saturated carbocycles. The maximum absolute atomic E-state index is 13.3. The van der Waals surface area contributed by atoms with Gasteiger partial charge in [-0.05, 0) is 24.3 Å². The van der Waals surface area contributed by atoms with Gasteiger partial charge in [-0.15, -0.1) is 0 Å². The quantitative estimate of drug-likeness (QED) is 0.656. The molecule has 29 heavy (non-hydrogen) atoms. The van der Waals surface area contributed by atoms with Gasteiger partial charge in [-0.3, -0.25) is 4.79 Å². The van der Waals surface area contributed by atoms with Crippen LogP contribution in [-0.4, -0.2) is 50.4 Å². The van der Waals surface area contributed by atoms with Crippen LogP contribution in [0.1, 0.15) is 6.92 Å². The molecule has 3 aromatic rings. The Kier molecular flexibility index (Phi) is 5.10. The standard InChI is InChI=1S/C21H21N3O4S/c1-16(25)23-12-14-24(15-13-23)21-20(29(26,27)18-10-6-3-7-11-18)22-19(28-21)17-8-4-2-5-9-17/h2-11H,12-15H2,1H3. The molecule has 2 aromatic carbocycles. The van der Waals surface area contributed by atoms with E-state index in [9.17, 15) is 13.2 Å². The van der Waals surface area contributed by atoms with Crippen molar-refractivity contribution in [2.75, 3.05) is 31.1 Å². The van der Waals surface area contributed by atoms with Crippen LogP contribution in [0.4, 0.5) is 5.88 Å². The maximum atomic E-state index is 13.3. The first-order valence-electron chi connectivity index (χ1n) is 9.33. The maximum Gasteiger partial charge on any atom is 0.236 e. The number of anilines is 1. The van der Waals surface area contributed by atoms with Crippen LogP contribution in [0.2, 0.25) is 0 Å². The molecule has 2 heterocycles. The molecule has 0 aliphatic carbocycles. The predicted molar refractivity (Wildman–Crippen MR) is 108 cm³/mol. The van der Waals surface area contributed by atoms with Gasteiger partial charge < -0.3 is 14.2 Å². The highest BCUT2D eigenvalue weighted by molar-refractivity contribution is 7.91. The number of oxazole rings is 1. The summed E-state index contributed by atoms with van der Waals surface area (Å²) in [5.41, 5.74) is 0.700. The zero-order valence-electron chi connectivity index (χ0n) is 16.0. The lowest BCUT2D eigenvalue weighted by molar-refractivity contribution is -0.129. The van der Waals surface area contributed by atoms with Gasteiger partial charge in [0.15, 0.2) is 0 Å². The lowest BCUT2D eigenvalue weighted by atomic mass is 10.2. The lowest BCUT2D eigenvalue weighted by Crippen LogP contribution is -2.48. The molecule has 0 atom stereocenters. The van der Waals surface area contributed by atoms with Crippen LogP contribution >= 0.6 is 0 Å². The summed E-state index contributed by atoms with van der Waals surface area (Å²) in [5, 5.41) is -0.0983. The molecule has 1 aliphatic rings. The average molecular weight is 411 g/mol. The van der Waals surface area contributed by atoms with E-state index in [4.69, 9.17) is 4.42 Å². The number of aromatic nitrogens is 1. The number of benzene rings is 2. The van der Waals surface area contributed by atoms with E-state index >= 15 is 0 Å². The van der Waals surface area contributed by atoms with E-state index in [1.54, 1.807) is 35.2 Å². The van der Waals surface area contributed by atoms with Gasteiger partial charge in [-0.1, -0.05) is 36.4 Å². The Bertz CT molecular complexity index is 1100. The second kappa shape index (κ2) is 7.71. The molecule has 0 N–H and O–H groups in total. The van der Waals surface area contributed by atoms with Crippen molar-refractivity contribution in [2.45, 2.75) is 16.8 Å². The first-order valence-corrected chi connectivity index (χ1v) is 10.8. The summed E-state index contributed by atoms with van der Waals surface area (Å²) in [6.07, 6.45) is 0. The summed E-state index contributed by atoms with van der Waals surface area (Å²) in [4.78, 5) is 19.7. The predicted octanol–water partition coefficient (Wildman–Crippen LogP) is 2.84. The van der Waals surface area contributed by atoms with Crippen LogP contribution in [0.15, 0.2) is 75.0 Å². The van der Waals surface area contributed by atoms with Crippen molar-refractivity contribution in [1.82, 2.24) is 9.88 Å². The first kappa shape index (κ1) is 19.2. The zero-order valence-corrected chi connectivity index (χ0v) is 16.8. The summed E-state index contributed by atoms with van der Waals surface area (Å²) < 4.78 is 32.6. The number of hydrogen-bond donors (Lipinski definition) is 0. The molecule has 0 bridgehead atoms. The topological polar surface area (TPSA) is 83.7 Å². The highest BCUT2D eigenvalue weighted by Crippen LogP contribution is 2.35. The first-order chi connectivity index (χ1) is 14.0. The van der Waals surface area contributed by atoms with Crippen molar-refractivity contribution in [3.05, 3.63) is 60.7 Å². The van der Waals surface area contributed by atoms with Gasteiger partial charge in [0, 0.05) is 38.7 Å². The van der Waals surface area contributed by atoms with Crippen LogP contribution in [-0.2, 0) is 14.6 Å². The summed E-state index contributed by atoms with van der Waals surface area (Å²) in [5.74, 6) is 0.476. The van der Waals surface area contributed by atoms with Crippen LogP contribution < -0.4 is 4.90 Å². The minimum atomic E-state index is -3.86. The third kappa shape index (κ3) is 3.75. The van der Waals surface area contributed by atoms with Gasteiger partial charge in [0.2, 0.25) is 32.5 Å². The van der Waals surface area contributed by atoms with E-state index in [0.717, 1.165) is 0 Å². The third-order valence-corrected chi connectivity index (χ3v) is 6.59. The average Bonchev–Trinajstić information content (AvgIpc) is 3.21. The van der Waals surface area contributed by atoms with Gasteiger partial charge in [0.1, 0.15) is 0 Å². The molecule has 7 nitrogen and oxygen atoms in total. The Balaban J connectivity index is 1.77. The molecule has 1 aromatic heterocycles. The van der Waals surface area contributed by atoms with E-state index in [1.165, 1.54) is 6.92 Å². The van der Waals surface area contributed by atoms with Crippen molar-refractivity contribution in [1.29, 1.82) is 0 Å². The van der Waals surface area contributed by atoms with Crippen LogP contribution in [0.5, 0.6) is 0 Å². The number of carbonyl (C=O) groups is 1. The lowest BCUT2D eigenvalue weighted by Gasteiger charge is -2.34. The number of nitrogens with zero attached hydrogens (tertiary/aromatic N) is 3. The molecule has 1 amide bonds. The van der Waals surface area contributed by atoms with E-state index in [2.05, 4.69) is 4.98 Å². The smallest absolute Gasteiger partial charge is 0.236 e. The molecule has 4 rings (SSSR count). The summed E-state index contributed by atoms with van der Waals surface area (Å²) in [7, 11) is -3.86. The molecular weight excluding hydrogens is 390 g/mol. The van der Waals surface area contributed by atoms with Gasteiger partial charge in [-0.2, -0.15) is 4.98 Å². The number of sulfone groups is 1. The molecule has 1 saturated heterocycles. The van der Waals surface area contributed by atoms with E-state index in [-0.39, 0.29) is 27.6 Å². The molecule has 0 unspecified atom stereocenters. The van der Waals surface area contributed by atoms with Crippen molar-refractivity contribution >= 4 is 21.6 Å². The SMILES string of the molecule is CC(=O)N1CCN(c2oc(-c3ccccc3)nc2S(=O)(=O)c2ccccc2)CC1. The fourth-order valence-electron chi connectivity index (χ4n) is 3.31. The second-order valence-corrected chi connectivity index (χ2v) is 8.67. The highest BCUT2D eigenvalue weighted by Gasteiger charge is 2.33. The molecular formula is C21H21N3O4S. The third-order valence-electron chi connectivity index (χ3n) is 4.92. The number of hydrogen-bond acceptors (Lipinski definition) is 6. The Morgan fingerprint density at radius 2 is 1.52 bits per heavy atom. The molecule has 0 radical (unpaired) electrons. The Morgan fingerprint density at radius 3 is 2.10 bits per heavy atom. The number of carbonyl (C=O) groups excluding carboxylic acids is 1. The van der Waals surface area contributed by atoms with Crippen molar-refractivity contribution < 1.29 is 17.6 Å². The van der Waals surface area contributed by atoms with Crippen LogP contribution in [0.3, 0.4) is 0 Å². The van der Waals surface area contributed by atoms with Crippen LogP contribution in [0, 0.1) is 0 Å². The van der Waals surface area contributed by atoms with Gasteiger partial charge in [0.25, 0.3) is 0 Å². The van der Waals surface area contributed by atoms with E-state index in [0.29, 0.717) is 31.7 Å². The summed E-state index contributed by atoms with van der Waals surface area (Å²) >= 11 is 0. The Morgan fingerprint density at radius 1 is 0.931 bits per heavy atom. The second-order valence-electron chi connectivity index (χ2n) is 6.80. The monoisotopic (exact) mass is 411 g/mol. The Labute approximate surface area is 169 Å². The summed E-state index contributed by atoms with van der Waals surface area (Å²) in [6.45, 7) is 3.48. The zero-order chi connectivity index (χ0) is 20.4. The minimum absolute atomic E-state index is 0.00400.